The molecule has 3 heteroatoms. The zero-order valence-corrected chi connectivity index (χ0v) is 5.06. The van der Waals surface area contributed by atoms with Crippen LogP contribution < -0.4 is 5.73 Å². The number of aliphatic imine (C=N–C) groups is 1. The van der Waals surface area contributed by atoms with E-state index in [9.17, 15) is 0 Å². The zero-order chi connectivity index (χ0) is 5.56. The van der Waals surface area contributed by atoms with Crippen LogP contribution in [0.1, 0.15) is 0 Å². The maximum absolute atomic E-state index is 5.43. The quantitative estimate of drug-likeness (QED) is 0.476. The van der Waals surface area contributed by atoms with Crippen LogP contribution in [0, 0.1) is 0 Å². The molecular weight excluding hydrogens is 120 g/mol. The van der Waals surface area contributed by atoms with Crippen molar-refractivity contribution < 1.29 is 0 Å². The number of nitrogens with two attached hydrogens (primary N) is 1. The number of fused-ring (bicyclic) bond motifs is 1. The Bertz CT molecular complexity index is 173. The van der Waals surface area contributed by atoms with E-state index < -0.39 is 0 Å². The Labute approximate surface area is 51.9 Å². The highest BCUT2D eigenvalue weighted by Crippen LogP contribution is 2.32. The van der Waals surface area contributed by atoms with Crippen LogP contribution in [0.3, 0.4) is 0 Å². The first kappa shape index (κ1) is 4.44. The Hall–Kier alpha value is -0.440. The Kier molecular flexibility index (Phi) is 0.713. The molecule has 0 fully saturated rings. The van der Waals surface area contributed by atoms with E-state index in [-0.39, 0.29) is 0 Å². The summed E-state index contributed by atoms with van der Waals surface area (Å²) in [7, 11) is 0. The molecule has 0 unspecified atom stereocenters. The molecule has 2 atom stereocenters. The third-order valence-corrected chi connectivity index (χ3v) is 2.42. The van der Waals surface area contributed by atoms with Crippen molar-refractivity contribution in [3.63, 3.8) is 0 Å². The van der Waals surface area contributed by atoms with E-state index in [1.165, 1.54) is 0 Å². The molecule has 1 aliphatic carbocycles. The van der Waals surface area contributed by atoms with Crippen LogP contribution in [0.2, 0.25) is 0 Å². The van der Waals surface area contributed by atoms with Crippen LogP contribution in [0.15, 0.2) is 17.1 Å². The van der Waals surface area contributed by atoms with Crippen molar-refractivity contribution in [2.24, 2.45) is 10.7 Å². The van der Waals surface area contributed by atoms with Gasteiger partial charge < -0.3 is 5.73 Å². The van der Waals surface area contributed by atoms with Gasteiger partial charge in [0.1, 0.15) is 0 Å². The minimum absolute atomic E-state index is 0.417. The molecule has 2 nitrogen and oxygen atoms in total. The smallest absolute Gasteiger partial charge is 0.155 e. The molecule has 8 heavy (non-hydrogen) atoms. The molecule has 0 aromatic carbocycles. The molecule has 0 amide bonds. The first-order valence-electron chi connectivity index (χ1n) is 2.54. The van der Waals surface area contributed by atoms with Gasteiger partial charge in [0.2, 0.25) is 0 Å². The van der Waals surface area contributed by atoms with Crippen molar-refractivity contribution in [3.05, 3.63) is 12.2 Å². The normalized spacial score (nSPS) is 40.8. The summed E-state index contributed by atoms with van der Waals surface area (Å²) < 4.78 is 0. The maximum atomic E-state index is 5.43. The van der Waals surface area contributed by atoms with Gasteiger partial charge in [-0.25, -0.2) is 0 Å². The van der Waals surface area contributed by atoms with Gasteiger partial charge in [-0.05, 0) is 0 Å². The van der Waals surface area contributed by atoms with Crippen molar-refractivity contribution in [2.75, 3.05) is 0 Å². The van der Waals surface area contributed by atoms with Crippen molar-refractivity contribution in [3.8, 4) is 0 Å². The van der Waals surface area contributed by atoms with Crippen LogP contribution in [-0.2, 0) is 0 Å². The van der Waals surface area contributed by atoms with E-state index in [4.69, 9.17) is 5.73 Å². The van der Waals surface area contributed by atoms with Crippen LogP contribution >= 0.6 is 11.8 Å². The fourth-order valence-electron chi connectivity index (χ4n) is 0.843. The van der Waals surface area contributed by atoms with Gasteiger partial charge in [0, 0.05) is 0 Å². The van der Waals surface area contributed by atoms with Gasteiger partial charge in [-0.3, -0.25) is 4.99 Å². The average molecular weight is 126 g/mol. The number of thioether (sulfide) groups is 1. The highest BCUT2D eigenvalue weighted by Gasteiger charge is 2.30. The Morgan fingerprint density at radius 2 is 2.50 bits per heavy atom. The summed E-state index contributed by atoms with van der Waals surface area (Å²) in [6, 6.07) is 0.417. The second kappa shape index (κ2) is 1.29. The topological polar surface area (TPSA) is 38.4 Å². The summed E-state index contributed by atoms with van der Waals surface area (Å²) in [5.74, 6) is 0. The van der Waals surface area contributed by atoms with Gasteiger partial charge in [-0.1, -0.05) is 23.9 Å². The molecule has 2 rings (SSSR count). The summed E-state index contributed by atoms with van der Waals surface area (Å²) >= 11 is 1.66. The molecule has 0 spiro atoms. The first-order chi connectivity index (χ1) is 3.86. The zero-order valence-electron chi connectivity index (χ0n) is 4.24. The summed E-state index contributed by atoms with van der Waals surface area (Å²) in [6.07, 6.45) is 4.22. The predicted molar refractivity (Wildman–Crippen MR) is 35.9 cm³/mol. The van der Waals surface area contributed by atoms with Gasteiger partial charge in [-0.2, -0.15) is 0 Å². The third-order valence-electron chi connectivity index (χ3n) is 1.37. The van der Waals surface area contributed by atoms with Crippen LogP contribution in [-0.4, -0.2) is 16.5 Å². The minimum Gasteiger partial charge on any atom is -0.379 e. The lowest BCUT2D eigenvalue weighted by Gasteiger charge is -2.16. The van der Waals surface area contributed by atoms with Crippen LogP contribution in [0.5, 0.6) is 0 Å². The van der Waals surface area contributed by atoms with Crippen molar-refractivity contribution in [2.45, 2.75) is 11.3 Å². The van der Waals surface area contributed by atoms with Gasteiger partial charge >= 0.3 is 0 Å². The van der Waals surface area contributed by atoms with Crippen molar-refractivity contribution in [1.82, 2.24) is 0 Å². The molecule has 2 N–H and O–H groups in total. The average Bonchev–Trinajstić information content (AvgIpc) is 1.91. The molecule has 0 aromatic heterocycles. The lowest BCUT2D eigenvalue weighted by molar-refractivity contribution is 0.806. The Morgan fingerprint density at radius 3 is 2.75 bits per heavy atom. The lowest BCUT2D eigenvalue weighted by atomic mass is 10.1. The Balaban J connectivity index is 2.24. The summed E-state index contributed by atoms with van der Waals surface area (Å²) in [4.78, 5) is 4.13. The fraction of sp³-hybridized carbons (Fsp3) is 0.400. The molecule has 0 radical (unpaired) electrons. The fourth-order valence-corrected chi connectivity index (χ4v) is 1.77. The number of amidine groups is 1. The summed E-state index contributed by atoms with van der Waals surface area (Å²) in [5, 5.41) is 1.32. The molecule has 0 bridgehead atoms. The van der Waals surface area contributed by atoms with Crippen molar-refractivity contribution >= 4 is 16.9 Å². The Morgan fingerprint density at radius 1 is 1.62 bits per heavy atom. The van der Waals surface area contributed by atoms with E-state index in [1.54, 1.807) is 11.8 Å². The number of hydrogen-bond donors (Lipinski definition) is 1. The van der Waals surface area contributed by atoms with Gasteiger partial charge in [0.25, 0.3) is 0 Å². The predicted octanol–water partition coefficient (Wildman–Crippen LogP) is 0.355. The van der Waals surface area contributed by atoms with Crippen molar-refractivity contribution in [1.29, 1.82) is 0 Å². The largest absolute Gasteiger partial charge is 0.379 e. The second-order valence-electron chi connectivity index (χ2n) is 1.93. The molecule has 0 saturated carbocycles. The highest BCUT2D eigenvalue weighted by molar-refractivity contribution is 8.14. The second-order valence-corrected chi connectivity index (χ2v) is 3.12. The molecule has 1 aliphatic heterocycles. The van der Waals surface area contributed by atoms with E-state index in [1.807, 2.05) is 0 Å². The molecule has 0 saturated heterocycles. The first-order valence-corrected chi connectivity index (χ1v) is 3.42. The molecule has 42 valence electrons. The summed E-state index contributed by atoms with van der Waals surface area (Å²) in [6.45, 7) is 0. The van der Waals surface area contributed by atoms with Gasteiger partial charge in [-0.15, -0.1) is 0 Å². The number of rotatable bonds is 0. The van der Waals surface area contributed by atoms with Gasteiger partial charge in [0.05, 0.1) is 11.3 Å². The number of nitrogens with zero attached hydrogens (tertiary/aromatic N) is 1. The summed E-state index contributed by atoms with van der Waals surface area (Å²) in [5.41, 5.74) is 5.43. The van der Waals surface area contributed by atoms with E-state index >= 15 is 0 Å². The highest BCUT2D eigenvalue weighted by atomic mass is 32.2. The van der Waals surface area contributed by atoms with E-state index in [2.05, 4.69) is 17.1 Å². The minimum atomic E-state index is 0.417. The SMILES string of the molecule is NC1=N[C@H]2C=C[C@H]2S1. The van der Waals surface area contributed by atoms with Crippen LogP contribution in [0.4, 0.5) is 0 Å². The third kappa shape index (κ3) is 0.422. The maximum Gasteiger partial charge on any atom is 0.155 e. The number of hydrogen-bond acceptors (Lipinski definition) is 3. The van der Waals surface area contributed by atoms with Crippen LogP contribution in [0.25, 0.3) is 0 Å². The molecule has 0 aromatic rings. The molecular formula is C5H6N2S. The monoisotopic (exact) mass is 126 g/mol. The van der Waals surface area contributed by atoms with E-state index in [0.717, 1.165) is 5.17 Å². The van der Waals surface area contributed by atoms with E-state index in [0.29, 0.717) is 11.3 Å². The molecule has 2 aliphatic rings. The molecule has 1 heterocycles. The standard InChI is InChI=1S/C5H6N2S/c6-5-7-3-1-2-4(3)8-5/h1-4H,(H2,6,7)/t3-,4+/m0/s1. The van der Waals surface area contributed by atoms with Gasteiger partial charge in [0.15, 0.2) is 5.17 Å². The lowest BCUT2D eigenvalue weighted by Crippen LogP contribution is -2.20.